The molecule has 0 radical (unpaired) electrons. The highest BCUT2D eigenvalue weighted by Crippen LogP contribution is 2.18. The number of aliphatic imine (C=N–C) groups is 1. The van der Waals surface area contributed by atoms with Crippen LogP contribution in [-0.4, -0.2) is 34.4 Å². The molecule has 0 saturated carbocycles. The van der Waals surface area contributed by atoms with Gasteiger partial charge in [0.1, 0.15) is 18.1 Å². The lowest BCUT2D eigenvalue weighted by atomic mass is 10.1. The Hall–Kier alpha value is -2.14. The summed E-state index contributed by atoms with van der Waals surface area (Å²) in [6.45, 7) is 5.31. The molecule has 0 saturated heterocycles. The van der Waals surface area contributed by atoms with Gasteiger partial charge in [-0.1, -0.05) is 18.2 Å². The molecule has 0 spiro atoms. The van der Waals surface area contributed by atoms with E-state index < -0.39 is 0 Å². The highest BCUT2D eigenvalue weighted by Gasteiger charge is 2.10. The largest absolute Gasteiger partial charge is 0.497 e. The summed E-state index contributed by atoms with van der Waals surface area (Å²) >= 11 is 1.73. The van der Waals surface area contributed by atoms with Crippen LogP contribution in [0.25, 0.3) is 0 Å². The van der Waals surface area contributed by atoms with Crippen LogP contribution in [-0.2, 0) is 20.0 Å². The van der Waals surface area contributed by atoms with Crippen molar-refractivity contribution in [2.45, 2.75) is 32.9 Å². The summed E-state index contributed by atoms with van der Waals surface area (Å²) in [5.74, 6) is 3.35. The Morgan fingerprint density at radius 2 is 2.00 bits per heavy atom. The van der Waals surface area contributed by atoms with Crippen LogP contribution in [0.15, 0.2) is 46.8 Å². The zero-order chi connectivity index (χ0) is 20.6. The van der Waals surface area contributed by atoms with Crippen molar-refractivity contribution in [2.75, 3.05) is 13.7 Å². The van der Waals surface area contributed by atoms with Crippen LogP contribution in [0.4, 0.5) is 0 Å². The van der Waals surface area contributed by atoms with E-state index in [0.29, 0.717) is 6.54 Å². The van der Waals surface area contributed by atoms with Crippen LogP contribution < -0.4 is 15.4 Å². The number of nitrogens with one attached hydrogen (secondary N) is 2. The van der Waals surface area contributed by atoms with Crippen LogP contribution in [0.5, 0.6) is 5.75 Å². The molecule has 0 fully saturated rings. The van der Waals surface area contributed by atoms with E-state index in [0.717, 1.165) is 36.3 Å². The fraction of sp³-hybridized carbons (Fsp3) is 0.381. The molecule has 3 aromatic rings. The van der Waals surface area contributed by atoms with Crippen molar-refractivity contribution in [1.29, 1.82) is 0 Å². The summed E-state index contributed by atoms with van der Waals surface area (Å²) in [6.07, 6.45) is 0.890. The molecule has 0 aliphatic heterocycles. The molecule has 2 N–H and O–H groups in total. The van der Waals surface area contributed by atoms with Crippen LogP contribution in [0.1, 0.15) is 35.1 Å². The zero-order valence-corrected chi connectivity index (χ0v) is 20.9. The number of rotatable bonds is 8. The highest BCUT2D eigenvalue weighted by molar-refractivity contribution is 14.0. The Morgan fingerprint density at radius 3 is 2.60 bits per heavy atom. The predicted octanol–water partition coefficient (Wildman–Crippen LogP) is 3.85. The van der Waals surface area contributed by atoms with Gasteiger partial charge in [-0.3, -0.25) is 0 Å². The summed E-state index contributed by atoms with van der Waals surface area (Å²) in [7, 11) is 3.64. The van der Waals surface area contributed by atoms with E-state index in [-0.39, 0.29) is 30.0 Å². The first-order valence-electron chi connectivity index (χ1n) is 9.63. The normalized spacial score (nSPS) is 12.2. The first kappa shape index (κ1) is 24.1. The second kappa shape index (κ2) is 11.9. The molecule has 30 heavy (non-hydrogen) atoms. The number of ether oxygens (including phenoxy) is 1. The third kappa shape index (κ3) is 6.69. The van der Waals surface area contributed by atoms with Gasteiger partial charge in [-0.05, 0) is 49.4 Å². The highest BCUT2D eigenvalue weighted by atomic mass is 127. The van der Waals surface area contributed by atoms with Crippen molar-refractivity contribution in [2.24, 2.45) is 12.0 Å². The van der Waals surface area contributed by atoms with Gasteiger partial charge in [-0.15, -0.1) is 45.5 Å². The maximum Gasteiger partial charge on any atom is 0.192 e. The molecule has 3 rings (SSSR count). The van der Waals surface area contributed by atoms with E-state index in [1.807, 2.05) is 30.7 Å². The van der Waals surface area contributed by atoms with E-state index in [1.54, 1.807) is 18.4 Å². The number of methoxy groups -OCH3 is 1. The molecule has 1 unspecified atom stereocenters. The third-order valence-electron chi connectivity index (χ3n) is 4.75. The second-order valence-electron chi connectivity index (χ2n) is 6.79. The van der Waals surface area contributed by atoms with E-state index >= 15 is 0 Å². The van der Waals surface area contributed by atoms with Crippen molar-refractivity contribution < 1.29 is 4.74 Å². The Balaban J connectivity index is 0.00000320. The minimum atomic E-state index is 0. The predicted molar refractivity (Wildman–Crippen MR) is 133 cm³/mol. The van der Waals surface area contributed by atoms with E-state index in [9.17, 15) is 0 Å². The Morgan fingerprint density at radius 1 is 1.23 bits per heavy atom. The van der Waals surface area contributed by atoms with Gasteiger partial charge in [0.2, 0.25) is 0 Å². The summed E-state index contributed by atoms with van der Waals surface area (Å²) in [4.78, 5) is 6.00. The fourth-order valence-corrected chi connectivity index (χ4v) is 3.56. The van der Waals surface area contributed by atoms with Crippen LogP contribution in [0.3, 0.4) is 0 Å². The molecule has 7 nitrogen and oxygen atoms in total. The van der Waals surface area contributed by atoms with Crippen molar-refractivity contribution in [1.82, 2.24) is 25.4 Å². The molecule has 1 atom stereocenters. The average molecular weight is 540 g/mol. The average Bonchev–Trinajstić information content (AvgIpc) is 3.38. The van der Waals surface area contributed by atoms with Crippen molar-refractivity contribution in [3.05, 3.63) is 63.9 Å². The molecule has 1 aromatic carbocycles. The summed E-state index contributed by atoms with van der Waals surface area (Å²) in [5, 5.41) is 17.3. The third-order valence-corrected chi connectivity index (χ3v) is 5.80. The van der Waals surface area contributed by atoms with Gasteiger partial charge in [0.15, 0.2) is 11.8 Å². The molecule has 9 heteroatoms. The minimum absolute atomic E-state index is 0. The first-order chi connectivity index (χ1) is 14.1. The van der Waals surface area contributed by atoms with E-state index in [4.69, 9.17) is 9.73 Å². The van der Waals surface area contributed by atoms with Crippen LogP contribution in [0, 0.1) is 6.92 Å². The van der Waals surface area contributed by atoms with Crippen molar-refractivity contribution in [3.8, 4) is 5.75 Å². The Bertz CT molecular complexity index is 924. The first-order valence-corrected chi connectivity index (χ1v) is 10.5. The molecule has 0 aliphatic rings. The molecule has 0 bridgehead atoms. The lowest BCUT2D eigenvalue weighted by Gasteiger charge is -2.17. The van der Waals surface area contributed by atoms with Gasteiger partial charge in [0, 0.05) is 18.5 Å². The van der Waals surface area contributed by atoms with Gasteiger partial charge in [-0.25, -0.2) is 4.99 Å². The number of aromatic nitrogens is 3. The number of hydrogen-bond acceptors (Lipinski definition) is 5. The lowest BCUT2D eigenvalue weighted by Crippen LogP contribution is -2.39. The summed E-state index contributed by atoms with van der Waals surface area (Å²) in [6, 6.07) is 12.5. The smallest absolute Gasteiger partial charge is 0.192 e. The Labute approximate surface area is 199 Å². The van der Waals surface area contributed by atoms with Gasteiger partial charge in [0.05, 0.1) is 13.2 Å². The molecule has 2 aromatic heterocycles. The lowest BCUT2D eigenvalue weighted by molar-refractivity contribution is 0.414. The number of benzene rings is 1. The van der Waals surface area contributed by atoms with Crippen molar-refractivity contribution in [3.63, 3.8) is 0 Å². The molecule has 0 aliphatic carbocycles. The van der Waals surface area contributed by atoms with Gasteiger partial charge < -0.3 is 19.9 Å². The molecule has 0 amide bonds. The SMILES string of the molecule is COc1ccc(CCNC(=NCc2nnc(C)n2C)NC(C)c2cccs2)cc1.I. The summed E-state index contributed by atoms with van der Waals surface area (Å²) < 4.78 is 7.18. The molecule has 2 heterocycles. The number of hydrogen-bond donors (Lipinski definition) is 2. The standard InChI is InChI=1S/C21H28N6OS.HI/c1-15(19-6-5-13-29-19)24-21(23-14-20-26-25-16(2)27(20)3)22-12-11-17-7-9-18(28-4)10-8-17;/h5-10,13,15H,11-12,14H2,1-4H3,(H2,22,23,24);1H. The quantitative estimate of drug-likeness (QED) is 0.258. The van der Waals surface area contributed by atoms with Crippen LogP contribution >= 0.6 is 35.3 Å². The number of nitrogens with zero attached hydrogens (tertiary/aromatic N) is 4. The number of thiophene rings is 1. The number of aryl methyl sites for hydroxylation is 1. The number of guanidine groups is 1. The Kier molecular flexibility index (Phi) is 9.57. The van der Waals surface area contributed by atoms with Crippen LogP contribution in [0.2, 0.25) is 0 Å². The fourth-order valence-electron chi connectivity index (χ4n) is 2.82. The monoisotopic (exact) mass is 540 g/mol. The van der Waals surface area contributed by atoms with Gasteiger partial charge in [0.25, 0.3) is 0 Å². The maximum absolute atomic E-state index is 5.22. The van der Waals surface area contributed by atoms with Gasteiger partial charge in [-0.2, -0.15) is 0 Å². The topological polar surface area (TPSA) is 76.4 Å². The molecular formula is C21H29IN6OS. The van der Waals surface area contributed by atoms with Gasteiger partial charge >= 0.3 is 0 Å². The molecule has 162 valence electrons. The number of halogens is 1. The second-order valence-corrected chi connectivity index (χ2v) is 7.77. The maximum atomic E-state index is 5.22. The minimum Gasteiger partial charge on any atom is -0.497 e. The zero-order valence-electron chi connectivity index (χ0n) is 17.8. The van der Waals surface area contributed by atoms with Crippen molar-refractivity contribution >= 4 is 41.3 Å². The van der Waals surface area contributed by atoms with E-state index in [1.165, 1.54) is 10.4 Å². The van der Waals surface area contributed by atoms with E-state index in [2.05, 4.69) is 57.4 Å². The summed E-state index contributed by atoms with van der Waals surface area (Å²) in [5.41, 5.74) is 1.24. The molecular weight excluding hydrogens is 511 g/mol.